The summed E-state index contributed by atoms with van der Waals surface area (Å²) in [7, 11) is 0. The fourth-order valence-corrected chi connectivity index (χ4v) is 5.13. The third-order valence-corrected chi connectivity index (χ3v) is 7.68. The van der Waals surface area contributed by atoms with Gasteiger partial charge >= 0.3 is 12.0 Å². The summed E-state index contributed by atoms with van der Waals surface area (Å²) in [6, 6.07) is -1.08. The number of allylic oxidation sites excluding steroid dienone is 1. The number of hydrogen-bond donors (Lipinski definition) is 2. The Hall–Kier alpha value is -1.17. The number of carboxylic acids is 1. The van der Waals surface area contributed by atoms with Gasteiger partial charge in [0.05, 0.1) is 0 Å². The molecule has 1 saturated heterocycles. The third kappa shape index (κ3) is 14.6. The van der Waals surface area contributed by atoms with E-state index in [-0.39, 0.29) is 6.03 Å². The topological polar surface area (TPSA) is 69.6 Å². The fraction of sp³-hybridized carbons (Fsp3) is 0.852. The molecule has 1 heterocycles. The number of hydrogen-bond acceptors (Lipinski definition) is 3. The van der Waals surface area contributed by atoms with Crippen LogP contribution in [-0.4, -0.2) is 52.6 Å². The first-order valence-electron chi connectivity index (χ1n) is 13.2. The zero-order chi connectivity index (χ0) is 24.6. The second kappa shape index (κ2) is 17.3. The van der Waals surface area contributed by atoms with Crippen LogP contribution in [0, 0.1) is 17.8 Å². The lowest BCUT2D eigenvalue weighted by Crippen LogP contribution is -2.53. The van der Waals surface area contributed by atoms with E-state index in [9.17, 15) is 14.7 Å². The Morgan fingerprint density at radius 2 is 1.55 bits per heavy atom. The summed E-state index contributed by atoms with van der Waals surface area (Å²) in [6.45, 7) is 13.0. The van der Waals surface area contributed by atoms with Crippen LogP contribution in [0.15, 0.2) is 11.6 Å². The summed E-state index contributed by atoms with van der Waals surface area (Å²) in [5, 5.41) is 12.0. The SMILES string of the molecule is C/C(=C\CSC[C@H](NC(=O)N1CCC1)C(=O)O)CCCC(C)CCCC(C)CCCC(C)C. The molecule has 1 rings (SSSR count). The van der Waals surface area contributed by atoms with Gasteiger partial charge in [0.15, 0.2) is 0 Å². The molecular formula is C27H50N2O3S. The lowest BCUT2D eigenvalue weighted by atomic mass is 9.91. The predicted molar refractivity (Wildman–Crippen MR) is 142 cm³/mol. The lowest BCUT2D eigenvalue weighted by molar-refractivity contribution is -0.138. The van der Waals surface area contributed by atoms with Gasteiger partial charge in [-0.15, -0.1) is 0 Å². The van der Waals surface area contributed by atoms with Crippen molar-refractivity contribution in [2.75, 3.05) is 24.6 Å². The molecule has 2 amide bonds. The van der Waals surface area contributed by atoms with E-state index in [1.54, 1.807) is 16.7 Å². The first kappa shape index (κ1) is 29.9. The van der Waals surface area contributed by atoms with Crippen LogP contribution in [0.2, 0.25) is 0 Å². The van der Waals surface area contributed by atoms with Crippen molar-refractivity contribution in [1.29, 1.82) is 0 Å². The Morgan fingerprint density at radius 1 is 0.970 bits per heavy atom. The Bertz CT molecular complexity index is 590. The summed E-state index contributed by atoms with van der Waals surface area (Å²) in [5.41, 5.74) is 1.38. The van der Waals surface area contributed by atoms with Gasteiger partial charge < -0.3 is 15.3 Å². The van der Waals surface area contributed by atoms with E-state index in [0.29, 0.717) is 5.75 Å². The summed E-state index contributed by atoms with van der Waals surface area (Å²) in [6.07, 6.45) is 15.0. The highest BCUT2D eigenvalue weighted by molar-refractivity contribution is 7.99. The Kier molecular flexibility index (Phi) is 15.6. The molecular weight excluding hydrogens is 432 g/mol. The number of likely N-dealkylation sites (tertiary alicyclic amines) is 1. The minimum atomic E-state index is -0.962. The van der Waals surface area contributed by atoms with Crippen LogP contribution in [-0.2, 0) is 4.79 Å². The van der Waals surface area contributed by atoms with Crippen LogP contribution in [0.1, 0.15) is 98.8 Å². The van der Waals surface area contributed by atoms with Crippen molar-refractivity contribution >= 4 is 23.8 Å². The fourth-order valence-electron chi connectivity index (χ4n) is 4.13. The molecule has 0 aromatic heterocycles. The molecule has 2 N–H and O–H groups in total. The molecule has 0 spiro atoms. The van der Waals surface area contributed by atoms with Crippen molar-refractivity contribution < 1.29 is 14.7 Å². The molecule has 0 radical (unpaired) electrons. The Morgan fingerprint density at radius 3 is 2.06 bits per heavy atom. The van der Waals surface area contributed by atoms with Crippen LogP contribution in [0.3, 0.4) is 0 Å². The zero-order valence-electron chi connectivity index (χ0n) is 21.9. The molecule has 1 aliphatic rings. The maximum atomic E-state index is 11.9. The van der Waals surface area contributed by atoms with E-state index in [4.69, 9.17) is 0 Å². The van der Waals surface area contributed by atoms with Crippen molar-refractivity contribution in [1.82, 2.24) is 10.2 Å². The molecule has 192 valence electrons. The summed E-state index contributed by atoms with van der Waals surface area (Å²) in [4.78, 5) is 25.0. The van der Waals surface area contributed by atoms with E-state index in [1.165, 1.54) is 56.9 Å². The van der Waals surface area contributed by atoms with Crippen molar-refractivity contribution in [3.63, 3.8) is 0 Å². The van der Waals surface area contributed by atoms with Crippen LogP contribution in [0.25, 0.3) is 0 Å². The van der Waals surface area contributed by atoms with Crippen molar-refractivity contribution in [3.8, 4) is 0 Å². The van der Waals surface area contributed by atoms with Crippen molar-refractivity contribution in [3.05, 3.63) is 11.6 Å². The molecule has 1 aliphatic heterocycles. The molecule has 2 unspecified atom stereocenters. The second-order valence-corrected chi connectivity index (χ2v) is 11.7. The molecule has 0 aliphatic carbocycles. The highest BCUT2D eigenvalue weighted by Crippen LogP contribution is 2.22. The first-order valence-corrected chi connectivity index (χ1v) is 14.4. The normalized spacial score (nSPS) is 16.9. The molecule has 3 atom stereocenters. The molecule has 33 heavy (non-hydrogen) atoms. The number of nitrogens with one attached hydrogen (secondary N) is 1. The average molecular weight is 483 g/mol. The molecule has 6 heteroatoms. The van der Waals surface area contributed by atoms with Crippen LogP contribution in [0.4, 0.5) is 4.79 Å². The van der Waals surface area contributed by atoms with Gasteiger partial charge in [-0.3, -0.25) is 0 Å². The van der Waals surface area contributed by atoms with Gasteiger partial charge in [-0.2, -0.15) is 11.8 Å². The van der Waals surface area contributed by atoms with Gasteiger partial charge in [0, 0.05) is 24.6 Å². The van der Waals surface area contributed by atoms with Gasteiger partial charge in [0.25, 0.3) is 0 Å². The maximum Gasteiger partial charge on any atom is 0.327 e. The quantitative estimate of drug-likeness (QED) is 0.163. The van der Waals surface area contributed by atoms with E-state index < -0.39 is 12.0 Å². The van der Waals surface area contributed by atoms with Crippen LogP contribution < -0.4 is 5.32 Å². The highest BCUT2D eigenvalue weighted by Gasteiger charge is 2.25. The number of thioether (sulfide) groups is 1. The first-order chi connectivity index (χ1) is 15.7. The lowest BCUT2D eigenvalue weighted by Gasteiger charge is -2.31. The molecule has 1 fully saturated rings. The maximum absolute atomic E-state index is 11.9. The van der Waals surface area contributed by atoms with Gasteiger partial charge in [0.1, 0.15) is 6.04 Å². The average Bonchev–Trinajstić information content (AvgIpc) is 2.68. The number of aliphatic carboxylic acids is 1. The van der Waals surface area contributed by atoms with Gasteiger partial charge in [-0.05, 0) is 43.9 Å². The van der Waals surface area contributed by atoms with Crippen molar-refractivity contribution in [2.24, 2.45) is 17.8 Å². The van der Waals surface area contributed by atoms with Gasteiger partial charge in [-0.25, -0.2) is 9.59 Å². The minimum Gasteiger partial charge on any atom is -0.480 e. The van der Waals surface area contributed by atoms with E-state index in [2.05, 4.69) is 46.0 Å². The molecule has 0 aromatic rings. The van der Waals surface area contributed by atoms with E-state index >= 15 is 0 Å². The summed E-state index contributed by atoms with van der Waals surface area (Å²) in [5.74, 6) is 2.71. The smallest absolute Gasteiger partial charge is 0.327 e. The number of nitrogens with zero attached hydrogens (tertiary/aromatic N) is 1. The largest absolute Gasteiger partial charge is 0.480 e. The number of rotatable bonds is 18. The van der Waals surface area contributed by atoms with E-state index in [1.807, 2.05) is 0 Å². The monoisotopic (exact) mass is 482 g/mol. The van der Waals surface area contributed by atoms with Crippen LogP contribution >= 0.6 is 11.8 Å². The number of carboxylic acid groups (broad SMARTS) is 1. The van der Waals surface area contributed by atoms with E-state index in [0.717, 1.165) is 49.4 Å². The zero-order valence-corrected chi connectivity index (χ0v) is 22.7. The number of carbonyl (C=O) groups excluding carboxylic acids is 1. The summed E-state index contributed by atoms with van der Waals surface area (Å²) >= 11 is 1.57. The molecule has 5 nitrogen and oxygen atoms in total. The highest BCUT2D eigenvalue weighted by atomic mass is 32.2. The van der Waals surface area contributed by atoms with Gasteiger partial charge in [0.2, 0.25) is 0 Å². The van der Waals surface area contributed by atoms with Crippen molar-refractivity contribution in [2.45, 2.75) is 105 Å². The number of carbonyl (C=O) groups is 2. The second-order valence-electron chi connectivity index (χ2n) is 10.6. The molecule has 0 saturated carbocycles. The Labute approximate surface area is 207 Å². The standard InChI is InChI=1S/C27H50N2O3S/c1-21(2)10-6-11-22(3)12-7-13-23(4)14-8-15-24(5)16-19-33-20-25(26(30)31)28-27(32)29-17-9-18-29/h16,21-23,25H,6-15,17-20H2,1-5H3,(H,28,32)(H,30,31)/b24-16+/t22?,23?,25-/m0/s1. The molecule has 0 aromatic carbocycles. The minimum absolute atomic E-state index is 0.254. The summed E-state index contributed by atoms with van der Waals surface area (Å²) < 4.78 is 0. The van der Waals surface area contributed by atoms with Crippen LogP contribution in [0.5, 0.6) is 0 Å². The Balaban J connectivity index is 2.10. The predicted octanol–water partition coefficient (Wildman–Crippen LogP) is 6.97. The van der Waals surface area contributed by atoms with Gasteiger partial charge in [-0.1, -0.05) is 84.3 Å². The molecule has 0 bridgehead atoms. The number of amides is 2. The third-order valence-electron chi connectivity index (χ3n) is 6.71. The number of urea groups is 1.